The molecule has 2 aromatic heterocycles. The molecule has 3 heterocycles. The Bertz CT molecular complexity index is 1360. The molecule has 1 amide bonds. The summed E-state index contributed by atoms with van der Waals surface area (Å²) in [5.41, 5.74) is -1.06. The van der Waals surface area contributed by atoms with Crippen molar-refractivity contribution in [3.63, 3.8) is 0 Å². The van der Waals surface area contributed by atoms with Gasteiger partial charge in [0, 0.05) is 30.7 Å². The van der Waals surface area contributed by atoms with E-state index in [0.29, 0.717) is 38.5 Å². The van der Waals surface area contributed by atoms with Crippen molar-refractivity contribution in [2.75, 3.05) is 0 Å². The summed E-state index contributed by atoms with van der Waals surface area (Å²) in [5, 5.41) is 6.77. The van der Waals surface area contributed by atoms with Crippen LogP contribution in [0.3, 0.4) is 0 Å². The topological polar surface area (TPSA) is 116 Å². The van der Waals surface area contributed by atoms with Crippen molar-refractivity contribution >= 4 is 17.8 Å². The molecule has 9 nitrogen and oxygen atoms in total. The van der Waals surface area contributed by atoms with Crippen molar-refractivity contribution in [2.24, 2.45) is 0 Å². The third kappa shape index (κ3) is 6.87. The van der Waals surface area contributed by atoms with Crippen LogP contribution in [0.15, 0.2) is 59.5 Å². The summed E-state index contributed by atoms with van der Waals surface area (Å²) in [7, 11) is 0. The molecule has 1 unspecified atom stereocenters. The summed E-state index contributed by atoms with van der Waals surface area (Å²) < 4.78 is 26.4. The van der Waals surface area contributed by atoms with Crippen LogP contribution in [0.2, 0.25) is 0 Å². The minimum atomic E-state index is -1.04. The number of benzene rings is 1. The second-order valence-electron chi connectivity index (χ2n) is 10.6. The van der Waals surface area contributed by atoms with Crippen molar-refractivity contribution in [2.45, 2.75) is 76.9 Å². The first-order valence-corrected chi connectivity index (χ1v) is 13.1. The lowest BCUT2D eigenvalue weighted by atomic mass is 9.88. The zero-order valence-corrected chi connectivity index (χ0v) is 22.4. The van der Waals surface area contributed by atoms with Gasteiger partial charge in [-0.05, 0) is 58.6 Å². The first-order chi connectivity index (χ1) is 18.6. The molecule has 10 heteroatoms. The third-order valence-corrected chi connectivity index (χ3v) is 6.40. The molecule has 1 fully saturated rings. The highest BCUT2D eigenvalue weighted by molar-refractivity contribution is 5.94. The number of imidazole rings is 1. The van der Waals surface area contributed by atoms with E-state index in [-0.39, 0.29) is 40.9 Å². The lowest BCUT2D eigenvalue weighted by molar-refractivity contribution is -0.122. The summed E-state index contributed by atoms with van der Waals surface area (Å²) in [5.74, 6) is -0.503. The van der Waals surface area contributed by atoms with Crippen LogP contribution < -0.4 is 5.32 Å². The van der Waals surface area contributed by atoms with Crippen molar-refractivity contribution < 1.29 is 28.0 Å². The molecule has 0 spiro atoms. The Labute approximate surface area is 226 Å². The van der Waals surface area contributed by atoms with Gasteiger partial charge in [0.1, 0.15) is 34.7 Å². The normalized spacial score (nSPS) is 18.1. The number of allylic oxidation sites excluding steroid dienone is 1. The van der Waals surface area contributed by atoms with Crippen LogP contribution in [-0.4, -0.2) is 38.1 Å². The number of aromatic nitrogens is 3. The van der Waals surface area contributed by atoms with E-state index in [9.17, 15) is 18.8 Å². The monoisotopic (exact) mass is 536 g/mol. The van der Waals surface area contributed by atoms with Gasteiger partial charge in [0.25, 0.3) is 0 Å². The number of amides is 1. The summed E-state index contributed by atoms with van der Waals surface area (Å²) in [6, 6.07) is 7.71. The number of nitrogens with zero attached hydrogens (tertiary/aromatic N) is 3. The molecular formula is C29H33FN4O5. The average molecular weight is 537 g/mol. The highest BCUT2D eigenvalue weighted by atomic mass is 19.1. The third-order valence-electron chi connectivity index (χ3n) is 6.40. The number of hydrogen-bond donors (Lipinski definition) is 1. The first-order valence-electron chi connectivity index (χ1n) is 13.1. The van der Waals surface area contributed by atoms with Gasteiger partial charge in [0.2, 0.25) is 5.91 Å². The predicted molar refractivity (Wildman–Crippen MR) is 141 cm³/mol. The van der Waals surface area contributed by atoms with E-state index < -0.39 is 23.1 Å². The van der Waals surface area contributed by atoms with E-state index in [1.165, 1.54) is 29.2 Å². The Hall–Kier alpha value is -4.08. The Kier molecular flexibility index (Phi) is 8.42. The van der Waals surface area contributed by atoms with Crippen molar-refractivity contribution in [1.82, 2.24) is 20.0 Å². The SMILES string of the molecule is CC(C)(C)OC(=O)n1cc(-c2ccccc2F)nc1C1(CC=CCCC(=O)c2ccon2)CCCCC(=O)N1. The fourth-order valence-corrected chi connectivity index (χ4v) is 4.58. The number of nitrogens with one attached hydrogen (secondary N) is 1. The fourth-order valence-electron chi connectivity index (χ4n) is 4.58. The van der Waals surface area contributed by atoms with E-state index in [1.807, 2.05) is 12.2 Å². The molecule has 1 aliphatic heterocycles. The van der Waals surface area contributed by atoms with Crippen molar-refractivity contribution in [3.8, 4) is 11.3 Å². The first kappa shape index (κ1) is 27.9. The Balaban J connectivity index is 1.69. The van der Waals surface area contributed by atoms with Gasteiger partial charge < -0.3 is 14.6 Å². The molecule has 0 aliphatic carbocycles. The molecule has 0 bridgehead atoms. The average Bonchev–Trinajstić information content (AvgIpc) is 3.53. The molecule has 206 valence electrons. The minimum Gasteiger partial charge on any atom is -0.443 e. The fraction of sp³-hybridized carbons (Fsp3) is 0.414. The van der Waals surface area contributed by atoms with Crippen LogP contribution in [0.4, 0.5) is 9.18 Å². The summed E-state index contributed by atoms with van der Waals surface area (Å²) in [6.45, 7) is 5.27. The molecule has 1 saturated heterocycles. The van der Waals surface area contributed by atoms with Gasteiger partial charge in [-0.2, -0.15) is 0 Å². The molecule has 3 aromatic rings. The van der Waals surface area contributed by atoms with Crippen LogP contribution >= 0.6 is 0 Å². The predicted octanol–water partition coefficient (Wildman–Crippen LogP) is 5.96. The van der Waals surface area contributed by atoms with Crippen molar-refractivity contribution in [1.29, 1.82) is 0 Å². The molecular weight excluding hydrogens is 503 g/mol. The number of ether oxygens (including phenoxy) is 1. The zero-order chi connectivity index (χ0) is 28.0. The van der Waals surface area contributed by atoms with Gasteiger partial charge in [-0.15, -0.1) is 0 Å². The van der Waals surface area contributed by atoms with Crippen LogP contribution in [0.1, 0.15) is 82.0 Å². The van der Waals surface area contributed by atoms with E-state index in [4.69, 9.17) is 14.2 Å². The zero-order valence-electron chi connectivity index (χ0n) is 22.4. The largest absolute Gasteiger partial charge is 0.443 e. The molecule has 1 aromatic carbocycles. The summed E-state index contributed by atoms with van der Waals surface area (Å²) in [6.07, 6.45) is 9.15. The van der Waals surface area contributed by atoms with E-state index in [1.54, 1.807) is 39.0 Å². The lowest BCUT2D eigenvalue weighted by Gasteiger charge is -2.32. The lowest BCUT2D eigenvalue weighted by Crippen LogP contribution is -2.47. The number of ketones is 1. The van der Waals surface area contributed by atoms with Crippen LogP contribution in [0.5, 0.6) is 0 Å². The van der Waals surface area contributed by atoms with E-state index in [0.717, 1.165) is 0 Å². The van der Waals surface area contributed by atoms with Gasteiger partial charge in [-0.3, -0.25) is 9.59 Å². The number of Topliss-reactive ketones (excluding diaryl/α,β-unsaturated/α-hetero) is 1. The van der Waals surface area contributed by atoms with E-state index >= 15 is 0 Å². The molecule has 4 rings (SSSR count). The van der Waals surface area contributed by atoms with Gasteiger partial charge >= 0.3 is 6.09 Å². The molecule has 0 saturated carbocycles. The molecule has 1 atom stereocenters. The number of halogens is 1. The van der Waals surface area contributed by atoms with Crippen LogP contribution in [-0.2, 0) is 15.1 Å². The standard InChI is InChI=1S/C29H33FN4O5/c1-28(2,3)39-27(37)34-19-23(20-11-6-7-12-21(20)30)31-26(34)29(17-10-8-14-25(36)32-29)16-9-4-5-13-24(35)22-15-18-38-33-22/h4,6-7,9,11-12,15,18-19H,5,8,10,13-14,16-17H2,1-3H3,(H,32,36). The number of hydrogen-bond acceptors (Lipinski definition) is 7. The number of carbonyl (C=O) groups is 3. The maximum atomic E-state index is 14.7. The molecule has 39 heavy (non-hydrogen) atoms. The number of rotatable bonds is 8. The minimum absolute atomic E-state index is 0.138. The number of carbonyl (C=O) groups excluding carboxylic acids is 3. The smallest absolute Gasteiger partial charge is 0.420 e. The van der Waals surface area contributed by atoms with Crippen molar-refractivity contribution in [3.05, 3.63) is 72.3 Å². The van der Waals surface area contributed by atoms with Gasteiger partial charge in [-0.1, -0.05) is 35.9 Å². The highest BCUT2D eigenvalue weighted by Gasteiger charge is 2.40. The van der Waals surface area contributed by atoms with Gasteiger partial charge in [0.05, 0.1) is 5.69 Å². The van der Waals surface area contributed by atoms with E-state index in [2.05, 4.69) is 10.5 Å². The second-order valence-corrected chi connectivity index (χ2v) is 10.6. The maximum absolute atomic E-state index is 14.7. The second kappa shape index (κ2) is 11.8. The summed E-state index contributed by atoms with van der Waals surface area (Å²) >= 11 is 0. The van der Waals surface area contributed by atoms with Gasteiger partial charge in [0.15, 0.2) is 5.78 Å². The Morgan fingerprint density at radius 2 is 2.00 bits per heavy atom. The molecule has 0 radical (unpaired) electrons. The molecule has 1 N–H and O–H groups in total. The highest BCUT2D eigenvalue weighted by Crippen LogP contribution is 2.36. The Morgan fingerprint density at radius 3 is 2.72 bits per heavy atom. The van der Waals surface area contributed by atoms with Gasteiger partial charge in [-0.25, -0.2) is 18.7 Å². The Morgan fingerprint density at radius 1 is 1.21 bits per heavy atom. The van der Waals surface area contributed by atoms with Crippen LogP contribution in [0.25, 0.3) is 11.3 Å². The van der Waals surface area contributed by atoms with Crippen LogP contribution in [0, 0.1) is 5.82 Å². The molecule has 1 aliphatic rings. The summed E-state index contributed by atoms with van der Waals surface area (Å²) in [4.78, 5) is 43.1. The maximum Gasteiger partial charge on any atom is 0.420 e. The quantitative estimate of drug-likeness (QED) is 0.279.